The van der Waals surface area contributed by atoms with Gasteiger partial charge in [0.25, 0.3) is 0 Å². The molecule has 1 aromatic carbocycles. The summed E-state index contributed by atoms with van der Waals surface area (Å²) < 4.78 is 24.3. The fraction of sp³-hybridized carbons (Fsp3) is 0.500. The van der Waals surface area contributed by atoms with Gasteiger partial charge in [0.1, 0.15) is 5.82 Å². The Balaban J connectivity index is 2.13. The molecule has 0 aliphatic heterocycles. The van der Waals surface area contributed by atoms with Crippen LogP contribution in [0.15, 0.2) is 18.2 Å². The molecule has 1 atom stereocenters. The average molecular weight is 295 g/mol. The number of fused-ring (bicyclic) bond motifs is 1. The van der Waals surface area contributed by atoms with Crippen molar-refractivity contribution in [1.82, 2.24) is 9.97 Å². The molecule has 1 unspecified atom stereocenters. The molecule has 0 saturated heterocycles. The van der Waals surface area contributed by atoms with Crippen LogP contribution in [0.2, 0.25) is 0 Å². The molecule has 1 aromatic heterocycles. The van der Waals surface area contributed by atoms with Gasteiger partial charge in [0.2, 0.25) is 0 Å². The summed E-state index contributed by atoms with van der Waals surface area (Å²) in [6.45, 7) is 5.61. The van der Waals surface area contributed by atoms with Crippen molar-refractivity contribution in [3.63, 3.8) is 0 Å². The number of aromatic nitrogens is 2. The summed E-state index contributed by atoms with van der Waals surface area (Å²) in [7, 11) is -3.09. The third kappa shape index (κ3) is 3.12. The van der Waals surface area contributed by atoms with Gasteiger partial charge in [-0.25, -0.2) is 13.4 Å². The SMILES string of the molecule is CC(C)C(C)S(=O)(=O)CCc1nc2ccc(N)cc2[nH]1. The third-order valence-electron chi connectivity index (χ3n) is 3.68. The number of benzene rings is 1. The fourth-order valence-electron chi connectivity index (χ4n) is 2.04. The zero-order valence-electron chi connectivity index (χ0n) is 12.1. The van der Waals surface area contributed by atoms with Crippen LogP contribution >= 0.6 is 0 Å². The molecule has 20 heavy (non-hydrogen) atoms. The molecule has 2 aromatic rings. The summed E-state index contributed by atoms with van der Waals surface area (Å²) in [5, 5.41) is -0.331. The Bertz CT molecular complexity index is 704. The van der Waals surface area contributed by atoms with Gasteiger partial charge in [-0.05, 0) is 31.0 Å². The van der Waals surface area contributed by atoms with Gasteiger partial charge in [-0.2, -0.15) is 0 Å². The highest BCUT2D eigenvalue weighted by molar-refractivity contribution is 7.92. The summed E-state index contributed by atoms with van der Waals surface area (Å²) in [6, 6.07) is 5.41. The van der Waals surface area contributed by atoms with Gasteiger partial charge < -0.3 is 10.7 Å². The molecule has 0 spiro atoms. The second kappa shape index (κ2) is 5.44. The molecule has 0 fully saturated rings. The maximum absolute atomic E-state index is 12.2. The first-order valence-corrected chi connectivity index (χ1v) is 8.47. The Kier molecular flexibility index (Phi) is 4.04. The number of hydrogen-bond acceptors (Lipinski definition) is 4. The Morgan fingerprint density at radius 1 is 1.30 bits per heavy atom. The van der Waals surface area contributed by atoms with Crippen molar-refractivity contribution in [2.45, 2.75) is 32.4 Å². The molecule has 110 valence electrons. The smallest absolute Gasteiger partial charge is 0.153 e. The highest BCUT2D eigenvalue weighted by Gasteiger charge is 2.23. The van der Waals surface area contributed by atoms with Crippen molar-refractivity contribution in [2.24, 2.45) is 5.92 Å². The number of anilines is 1. The molecule has 0 radical (unpaired) electrons. The lowest BCUT2D eigenvalue weighted by Gasteiger charge is -2.15. The van der Waals surface area contributed by atoms with E-state index in [-0.39, 0.29) is 16.9 Å². The van der Waals surface area contributed by atoms with Crippen molar-refractivity contribution in [3.05, 3.63) is 24.0 Å². The Morgan fingerprint density at radius 3 is 2.65 bits per heavy atom. The van der Waals surface area contributed by atoms with Crippen LogP contribution in [0.5, 0.6) is 0 Å². The zero-order chi connectivity index (χ0) is 14.9. The minimum atomic E-state index is -3.09. The van der Waals surface area contributed by atoms with Crippen LogP contribution in [0.25, 0.3) is 11.0 Å². The largest absolute Gasteiger partial charge is 0.399 e. The number of nitrogens with zero attached hydrogens (tertiary/aromatic N) is 1. The fourth-order valence-corrected chi connectivity index (χ4v) is 3.72. The number of aryl methyl sites for hydroxylation is 1. The minimum absolute atomic E-state index is 0.113. The van der Waals surface area contributed by atoms with Gasteiger partial charge in [-0.1, -0.05) is 13.8 Å². The van der Waals surface area contributed by atoms with E-state index in [1.807, 2.05) is 19.9 Å². The predicted octanol–water partition coefficient (Wildman–Crippen LogP) is 2.15. The molecule has 1 heterocycles. The van der Waals surface area contributed by atoms with Gasteiger partial charge in [-0.15, -0.1) is 0 Å². The van der Waals surface area contributed by atoms with Crippen LogP contribution < -0.4 is 5.73 Å². The minimum Gasteiger partial charge on any atom is -0.399 e. The molecular weight excluding hydrogens is 274 g/mol. The van der Waals surface area contributed by atoms with E-state index in [2.05, 4.69) is 9.97 Å². The lowest BCUT2D eigenvalue weighted by molar-refractivity contribution is 0.545. The molecule has 5 nitrogen and oxygen atoms in total. The lowest BCUT2D eigenvalue weighted by Crippen LogP contribution is -2.27. The standard InChI is InChI=1S/C14H21N3O2S/c1-9(2)10(3)20(18,19)7-6-14-16-12-5-4-11(15)8-13(12)17-14/h4-5,8-10H,6-7,15H2,1-3H3,(H,16,17). The molecule has 0 aliphatic carbocycles. The molecule has 3 N–H and O–H groups in total. The number of nitrogens with one attached hydrogen (secondary N) is 1. The van der Waals surface area contributed by atoms with Crippen LogP contribution in [-0.4, -0.2) is 29.4 Å². The quantitative estimate of drug-likeness (QED) is 0.827. The summed E-state index contributed by atoms with van der Waals surface area (Å²) in [4.78, 5) is 7.51. The van der Waals surface area contributed by atoms with E-state index in [9.17, 15) is 8.42 Å². The zero-order valence-corrected chi connectivity index (χ0v) is 12.9. The van der Waals surface area contributed by atoms with E-state index in [1.54, 1.807) is 19.1 Å². The van der Waals surface area contributed by atoms with E-state index in [0.717, 1.165) is 11.0 Å². The summed E-state index contributed by atoms with van der Waals surface area (Å²) in [6.07, 6.45) is 0.397. The van der Waals surface area contributed by atoms with Crippen molar-refractivity contribution in [2.75, 3.05) is 11.5 Å². The number of rotatable bonds is 5. The summed E-state index contributed by atoms with van der Waals surface area (Å²) >= 11 is 0. The molecule has 6 heteroatoms. The van der Waals surface area contributed by atoms with Gasteiger partial charge in [0, 0.05) is 12.1 Å². The second-order valence-corrected chi connectivity index (χ2v) is 8.00. The maximum Gasteiger partial charge on any atom is 0.153 e. The first-order valence-electron chi connectivity index (χ1n) is 6.75. The van der Waals surface area contributed by atoms with Gasteiger partial charge in [0.05, 0.1) is 22.0 Å². The highest BCUT2D eigenvalue weighted by atomic mass is 32.2. The number of nitrogen functional groups attached to an aromatic ring is 1. The van der Waals surface area contributed by atoms with Crippen molar-refractivity contribution >= 4 is 26.6 Å². The van der Waals surface area contributed by atoms with Crippen molar-refractivity contribution in [3.8, 4) is 0 Å². The first-order chi connectivity index (χ1) is 9.29. The normalized spacial score (nSPS) is 14.0. The van der Waals surface area contributed by atoms with Gasteiger partial charge in [-0.3, -0.25) is 0 Å². The van der Waals surface area contributed by atoms with E-state index >= 15 is 0 Å². The van der Waals surface area contributed by atoms with Gasteiger partial charge >= 0.3 is 0 Å². The third-order valence-corrected chi connectivity index (χ3v) is 6.13. The molecule has 0 bridgehead atoms. The first kappa shape index (κ1) is 14.8. The monoisotopic (exact) mass is 295 g/mol. The van der Waals surface area contributed by atoms with E-state index in [1.165, 1.54) is 0 Å². The predicted molar refractivity (Wildman–Crippen MR) is 82.3 cm³/mol. The lowest BCUT2D eigenvalue weighted by atomic mass is 10.2. The number of aromatic amines is 1. The van der Waals surface area contributed by atoms with E-state index < -0.39 is 9.84 Å². The van der Waals surface area contributed by atoms with Crippen LogP contribution in [0, 0.1) is 5.92 Å². The number of nitrogens with two attached hydrogens (primary N) is 1. The second-order valence-electron chi connectivity index (χ2n) is 5.53. The van der Waals surface area contributed by atoms with Crippen molar-refractivity contribution < 1.29 is 8.42 Å². The molecule has 0 saturated carbocycles. The Labute approximate surface area is 119 Å². The van der Waals surface area contributed by atoms with Gasteiger partial charge in [0.15, 0.2) is 9.84 Å². The topological polar surface area (TPSA) is 88.8 Å². The Hall–Kier alpha value is -1.56. The highest BCUT2D eigenvalue weighted by Crippen LogP contribution is 2.17. The summed E-state index contributed by atoms with van der Waals surface area (Å²) in [5.74, 6) is 0.919. The van der Waals surface area contributed by atoms with Crippen LogP contribution in [0.3, 0.4) is 0 Å². The molecular formula is C14H21N3O2S. The molecule has 2 rings (SSSR count). The van der Waals surface area contributed by atoms with Crippen molar-refractivity contribution in [1.29, 1.82) is 0 Å². The number of hydrogen-bond donors (Lipinski definition) is 2. The number of H-pyrrole nitrogens is 1. The number of sulfone groups is 1. The number of imidazole rings is 1. The molecule has 0 amide bonds. The van der Waals surface area contributed by atoms with Crippen LogP contribution in [0.4, 0.5) is 5.69 Å². The Morgan fingerprint density at radius 2 is 2.00 bits per heavy atom. The summed E-state index contributed by atoms with van der Waals surface area (Å²) in [5.41, 5.74) is 8.02. The van der Waals surface area contributed by atoms with Crippen LogP contribution in [-0.2, 0) is 16.3 Å². The maximum atomic E-state index is 12.2. The average Bonchev–Trinajstić information content (AvgIpc) is 2.77. The van der Waals surface area contributed by atoms with E-state index in [0.29, 0.717) is 17.9 Å². The van der Waals surface area contributed by atoms with E-state index in [4.69, 9.17) is 5.73 Å². The molecule has 0 aliphatic rings. The van der Waals surface area contributed by atoms with Crippen LogP contribution in [0.1, 0.15) is 26.6 Å².